The molecule has 1 aromatic rings. The van der Waals surface area contributed by atoms with Crippen LogP contribution in [0.25, 0.3) is 0 Å². The molecule has 1 saturated carbocycles. The van der Waals surface area contributed by atoms with E-state index in [0.29, 0.717) is 12.8 Å². The van der Waals surface area contributed by atoms with Crippen molar-refractivity contribution in [2.75, 3.05) is 5.32 Å². The van der Waals surface area contributed by atoms with Crippen LogP contribution in [0.15, 0.2) is 4.90 Å². The Bertz CT molecular complexity index is 786. The van der Waals surface area contributed by atoms with Gasteiger partial charge in [-0.25, -0.2) is 26.7 Å². The Morgan fingerprint density at radius 1 is 0.828 bits per heavy atom. The van der Waals surface area contributed by atoms with Crippen LogP contribution < -0.4 is 10.5 Å². The average Bonchev–Trinajstić information content (AvgIpc) is 2.60. The summed E-state index contributed by atoms with van der Waals surface area (Å²) in [6, 6.07) is -0.228. The van der Waals surface area contributed by atoms with Gasteiger partial charge in [0.1, 0.15) is 4.90 Å². The molecular formula is C21H33F3N2O2S. The number of hydrogen-bond acceptors (Lipinski definition) is 3. The van der Waals surface area contributed by atoms with Crippen LogP contribution in [0.3, 0.4) is 0 Å². The summed E-state index contributed by atoms with van der Waals surface area (Å²) >= 11 is 0. The second kappa shape index (κ2) is 10.7. The number of benzene rings is 1. The van der Waals surface area contributed by atoms with E-state index in [9.17, 15) is 17.2 Å². The van der Waals surface area contributed by atoms with Gasteiger partial charge in [-0.15, -0.1) is 0 Å². The first kappa shape index (κ1) is 24.0. The maximum atomic E-state index is 15.2. The smallest absolute Gasteiger partial charge is 0.243 e. The molecule has 0 amide bonds. The Morgan fingerprint density at radius 3 is 1.69 bits per heavy atom. The second-order valence-corrected chi connectivity index (χ2v) is 9.86. The first-order valence-corrected chi connectivity index (χ1v) is 12.2. The van der Waals surface area contributed by atoms with E-state index in [1.165, 1.54) is 33.1 Å². The monoisotopic (exact) mass is 434 g/mol. The maximum Gasteiger partial charge on any atom is 0.243 e. The summed E-state index contributed by atoms with van der Waals surface area (Å²) in [6.07, 6.45) is 11.2. The minimum atomic E-state index is -4.66. The summed E-state index contributed by atoms with van der Waals surface area (Å²) in [7, 11) is -4.66. The van der Waals surface area contributed by atoms with E-state index < -0.39 is 49.5 Å². The van der Waals surface area contributed by atoms with Crippen LogP contribution in [-0.4, -0.2) is 14.5 Å². The summed E-state index contributed by atoms with van der Waals surface area (Å²) in [5.74, 6) is -4.84. The Morgan fingerprint density at radius 2 is 1.28 bits per heavy atom. The molecule has 166 valence electrons. The molecule has 1 aromatic carbocycles. The zero-order chi connectivity index (χ0) is 21.6. The highest BCUT2D eigenvalue weighted by Gasteiger charge is 2.32. The third kappa shape index (κ3) is 6.35. The van der Waals surface area contributed by atoms with Crippen molar-refractivity contribution >= 4 is 15.7 Å². The molecule has 0 bridgehead atoms. The van der Waals surface area contributed by atoms with E-state index in [4.69, 9.17) is 5.14 Å². The van der Waals surface area contributed by atoms with Gasteiger partial charge in [-0.05, 0) is 18.8 Å². The lowest BCUT2D eigenvalue weighted by Gasteiger charge is -2.24. The number of nitrogens with one attached hydrogen (secondary N) is 1. The van der Waals surface area contributed by atoms with E-state index >= 15 is 4.39 Å². The van der Waals surface area contributed by atoms with Gasteiger partial charge >= 0.3 is 0 Å². The number of nitrogens with two attached hydrogens (primary N) is 1. The first-order chi connectivity index (χ1) is 13.6. The molecule has 8 heteroatoms. The van der Waals surface area contributed by atoms with Gasteiger partial charge in [-0.2, -0.15) is 0 Å². The topological polar surface area (TPSA) is 72.2 Å². The van der Waals surface area contributed by atoms with Crippen LogP contribution in [0.4, 0.5) is 18.9 Å². The van der Waals surface area contributed by atoms with Crippen LogP contribution in [0.1, 0.15) is 96.0 Å². The number of rotatable bonds is 4. The summed E-state index contributed by atoms with van der Waals surface area (Å²) in [5.41, 5.74) is -1.00. The standard InChI is InChI=1S/C21H33F3N2O2S/c1-14(2)16-17(22)19(24)21(29(25,27)28)20(18(16)23)26-15-12-10-8-6-4-3-5-7-9-11-13-15/h14-15,26H,3-13H2,1-2H3,(H2,25,27,28). The number of sulfonamides is 1. The Labute approximate surface area is 172 Å². The van der Waals surface area contributed by atoms with Gasteiger partial charge in [0.05, 0.1) is 5.69 Å². The fourth-order valence-corrected chi connectivity index (χ4v) is 4.85. The van der Waals surface area contributed by atoms with Crippen LogP contribution in [-0.2, 0) is 10.0 Å². The van der Waals surface area contributed by atoms with Gasteiger partial charge in [0.25, 0.3) is 0 Å². The Balaban J connectivity index is 2.42. The SMILES string of the molecule is CC(C)c1c(F)c(F)c(S(N)(=O)=O)c(NC2CCCCCCCCCCC2)c1F. The zero-order valence-corrected chi connectivity index (χ0v) is 18.2. The third-order valence-electron chi connectivity index (χ3n) is 5.63. The predicted molar refractivity (Wildman–Crippen MR) is 110 cm³/mol. The minimum absolute atomic E-state index is 0.228. The molecule has 0 atom stereocenters. The molecule has 29 heavy (non-hydrogen) atoms. The normalized spacial score (nSPS) is 18.3. The lowest BCUT2D eigenvalue weighted by molar-refractivity contribution is 0.448. The van der Waals surface area contributed by atoms with Crippen LogP contribution in [0.2, 0.25) is 0 Å². The highest BCUT2D eigenvalue weighted by Crippen LogP contribution is 2.36. The summed E-state index contributed by atoms with van der Waals surface area (Å²) in [5, 5.41) is 8.02. The summed E-state index contributed by atoms with van der Waals surface area (Å²) < 4.78 is 68.1. The van der Waals surface area contributed by atoms with Crippen molar-refractivity contribution in [2.45, 2.75) is 101 Å². The lowest BCUT2D eigenvalue weighted by Crippen LogP contribution is -2.26. The molecule has 0 radical (unpaired) electrons. The highest BCUT2D eigenvalue weighted by atomic mass is 32.2. The van der Waals surface area contributed by atoms with Gasteiger partial charge in [-0.3, -0.25) is 0 Å². The van der Waals surface area contributed by atoms with Crippen LogP contribution in [0, 0.1) is 17.5 Å². The number of anilines is 1. The van der Waals surface area contributed by atoms with Crippen molar-refractivity contribution < 1.29 is 21.6 Å². The van der Waals surface area contributed by atoms with Crippen molar-refractivity contribution in [2.24, 2.45) is 5.14 Å². The molecule has 0 heterocycles. The fraction of sp³-hybridized carbons (Fsp3) is 0.714. The van der Waals surface area contributed by atoms with E-state index in [1.54, 1.807) is 0 Å². The maximum absolute atomic E-state index is 15.2. The quantitative estimate of drug-likeness (QED) is 0.574. The van der Waals surface area contributed by atoms with Gasteiger partial charge in [0.15, 0.2) is 17.5 Å². The molecule has 1 fully saturated rings. The molecule has 2 rings (SSSR count). The van der Waals surface area contributed by atoms with Crippen LogP contribution in [0.5, 0.6) is 0 Å². The molecule has 1 aliphatic rings. The lowest BCUT2D eigenvalue weighted by atomic mass is 9.96. The van der Waals surface area contributed by atoms with E-state index in [0.717, 1.165) is 38.5 Å². The molecule has 0 aromatic heterocycles. The largest absolute Gasteiger partial charge is 0.379 e. The van der Waals surface area contributed by atoms with Gasteiger partial charge in [0.2, 0.25) is 10.0 Å². The van der Waals surface area contributed by atoms with Crippen molar-refractivity contribution in [1.29, 1.82) is 0 Å². The molecule has 1 aliphatic carbocycles. The van der Waals surface area contributed by atoms with E-state index in [1.807, 2.05) is 0 Å². The first-order valence-electron chi connectivity index (χ1n) is 10.6. The van der Waals surface area contributed by atoms with Gasteiger partial charge < -0.3 is 5.32 Å². The Hall–Kier alpha value is -1.28. The molecule has 3 N–H and O–H groups in total. The highest BCUT2D eigenvalue weighted by molar-refractivity contribution is 7.89. The van der Waals surface area contributed by atoms with Crippen molar-refractivity contribution in [3.63, 3.8) is 0 Å². The van der Waals surface area contributed by atoms with E-state index in [-0.39, 0.29) is 6.04 Å². The number of primary sulfonamides is 1. The fourth-order valence-electron chi connectivity index (χ4n) is 4.07. The third-order valence-corrected chi connectivity index (χ3v) is 6.58. The number of hydrogen-bond donors (Lipinski definition) is 2. The molecule has 0 spiro atoms. The molecule has 0 saturated heterocycles. The Kier molecular flexibility index (Phi) is 8.82. The zero-order valence-electron chi connectivity index (χ0n) is 17.4. The molecule has 4 nitrogen and oxygen atoms in total. The summed E-state index contributed by atoms with van der Waals surface area (Å²) in [6.45, 7) is 3.05. The predicted octanol–water partition coefficient (Wildman–Crippen LogP) is 5.96. The van der Waals surface area contributed by atoms with Crippen molar-refractivity contribution in [3.05, 3.63) is 23.0 Å². The van der Waals surface area contributed by atoms with Gasteiger partial charge in [0, 0.05) is 11.6 Å². The average molecular weight is 435 g/mol. The van der Waals surface area contributed by atoms with E-state index in [2.05, 4.69) is 5.32 Å². The summed E-state index contributed by atoms with van der Waals surface area (Å²) in [4.78, 5) is -1.12. The second-order valence-electron chi connectivity index (χ2n) is 8.36. The minimum Gasteiger partial charge on any atom is -0.379 e. The van der Waals surface area contributed by atoms with Gasteiger partial charge in [-0.1, -0.05) is 71.6 Å². The number of halogens is 3. The molecular weight excluding hydrogens is 401 g/mol. The van der Waals surface area contributed by atoms with Crippen LogP contribution >= 0.6 is 0 Å². The van der Waals surface area contributed by atoms with Crippen molar-refractivity contribution in [3.8, 4) is 0 Å². The molecule has 0 aliphatic heterocycles. The van der Waals surface area contributed by atoms with Crippen molar-refractivity contribution in [1.82, 2.24) is 0 Å². The molecule has 0 unspecified atom stereocenters.